The highest BCUT2D eigenvalue weighted by Crippen LogP contribution is 2.63. The van der Waals surface area contributed by atoms with Crippen LogP contribution in [0.5, 0.6) is 5.88 Å². The summed E-state index contributed by atoms with van der Waals surface area (Å²) in [5.74, 6) is 0.548. The molecule has 2 heterocycles. The van der Waals surface area contributed by atoms with E-state index in [-0.39, 0.29) is 36.3 Å². The molecule has 6 rings (SSSR count). The Morgan fingerprint density at radius 3 is 2.90 bits per heavy atom. The SMILES string of the molecule is N#Cc1cc(OCC2CC3(C(=O)N4CC(F)CC4c4cccc(F)c4)CC2C3)ncn1. The Morgan fingerprint density at radius 1 is 1.29 bits per heavy atom. The highest BCUT2D eigenvalue weighted by atomic mass is 19.1. The van der Waals surface area contributed by atoms with E-state index in [0.717, 1.165) is 12.8 Å². The molecule has 4 aliphatic rings. The lowest BCUT2D eigenvalue weighted by Crippen LogP contribution is -2.46. The van der Waals surface area contributed by atoms with Gasteiger partial charge in [0.2, 0.25) is 11.8 Å². The van der Waals surface area contributed by atoms with Crippen molar-refractivity contribution in [2.75, 3.05) is 13.2 Å². The van der Waals surface area contributed by atoms with Gasteiger partial charge in [0.25, 0.3) is 0 Å². The predicted molar refractivity (Wildman–Crippen MR) is 106 cm³/mol. The van der Waals surface area contributed by atoms with Gasteiger partial charge in [0.15, 0.2) is 0 Å². The zero-order valence-electron chi connectivity index (χ0n) is 16.9. The maximum atomic E-state index is 14.3. The van der Waals surface area contributed by atoms with Gasteiger partial charge in [0.05, 0.1) is 24.6 Å². The summed E-state index contributed by atoms with van der Waals surface area (Å²) in [7, 11) is 0. The van der Waals surface area contributed by atoms with Crippen molar-refractivity contribution >= 4 is 5.91 Å². The van der Waals surface area contributed by atoms with Crippen LogP contribution in [0.4, 0.5) is 8.78 Å². The van der Waals surface area contributed by atoms with E-state index in [1.807, 2.05) is 6.07 Å². The molecule has 3 unspecified atom stereocenters. The normalized spacial score (nSPS) is 31.2. The van der Waals surface area contributed by atoms with Crippen molar-refractivity contribution in [1.82, 2.24) is 14.9 Å². The van der Waals surface area contributed by atoms with E-state index in [4.69, 9.17) is 10.00 Å². The van der Waals surface area contributed by atoms with Crippen molar-refractivity contribution < 1.29 is 18.3 Å². The highest BCUT2D eigenvalue weighted by Gasteiger charge is 2.62. The summed E-state index contributed by atoms with van der Waals surface area (Å²) in [5.41, 5.74) is 0.416. The molecule has 0 N–H and O–H groups in total. The van der Waals surface area contributed by atoms with E-state index in [1.54, 1.807) is 17.0 Å². The summed E-state index contributed by atoms with van der Waals surface area (Å²) in [4.78, 5) is 23.0. The molecule has 1 aliphatic heterocycles. The molecular weight excluding hydrogens is 402 g/mol. The van der Waals surface area contributed by atoms with Crippen LogP contribution in [0, 0.1) is 34.4 Å². The van der Waals surface area contributed by atoms with Gasteiger partial charge in [-0.05, 0) is 48.8 Å². The topological polar surface area (TPSA) is 79.1 Å². The van der Waals surface area contributed by atoms with Crippen LogP contribution >= 0.6 is 0 Å². The van der Waals surface area contributed by atoms with Crippen LogP contribution in [0.3, 0.4) is 0 Å². The number of benzene rings is 1. The minimum atomic E-state index is -1.10. The molecule has 0 spiro atoms. The Bertz CT molecular complexity index is 1050. The smallest absolute Gasteiger partial charge is 0.229 e. The number of alkyl halides is 1. The van der Waals surface area contributed by atoms with E-state index < -0.39 is 17.6 Å². The molecule has 8 heteroatoms. The molecule has 3 atom stereocenters. The average Bonchev–Trinajstić information content (AvgIpc) is 3.43. The number of aromatic nitrogens is 2. The van der Waals surface area contributed by atoms with Crippen LogP contribution in [0.25, 0.3) is 0 Å². The number of halogens is 2. The Kier molecular flexibility index (Phi) is 4.84. The molecule has 2 bridgehead atoms. The zero-order chi connectivity index (χ0) is 21.6. The Labute approximate surface area is 178 Å². The number of rotatable bonds is 5. The summed E-state index contributed by atoms with van der Waals surface area (Å²) < 4.78 is 33.8. The Hall–Kier alpha value is -3.08. The Morgan fingerprint density at radius 2 is 2.13 bits per heavy atom. The first-order chi connectivity index (χ1) is 15.0. The molecule has 1 aromatic heterocycles. The van der Waals surface area contributed by atoms with E-state index >= 15 is 0 Å². The summed E-state index contributed by atoms with van der Waals surface area (Å²) >= 11 is 0. The van der Waals surface area contributed by atoms with Crippen LogP contribution < -0.4 is 4.74 Å². The molecule has 0 radical (unpaired) electrons. The van der Waals surface area contributed by atoms with Crippen molar-refractivity contribution in [3.63, 3.8) is 0 Å². The van der Waals surface area contributed by atoms with E-state index in [0.29, 0.717) is 30.4 Å². The first kappa shape index (κ1) is 19.9. The van der Waals surface area contributed by atoms with Crippen LogP contribution in [-0.4, -0.2) is 40.1 Å². The molecule has 3 aliphatic carbocycles. The van der Waals surface area contributed by atoms with Gasteiger partial charge in [-0.25, -0.2) is 18.7 Å². The first-order valence-corrected chi connectivity index (χ1v) is 10.5. The standard InChI is InChI=1S/C23H22F2N4O2/c24-17-3-1-2-14(4-17)20-5-18(25)11-29(20)22(30)23-7-15(8-23)16(9-23)12-31-21-6-19(10-26)27-13-28-21/h1-4,6,13,15-16,18,20H,5,7-9,11-12H2. The fourth-order valence-electron chi connectivity index (χ4n) is 5.59. The number of nitriles is 1. The second-order valence-electron chi connectivity index (χ2n) is 8.94. The van der Waals surface area contributed by atoms with Gasteiger partial charge in [0.1, 0.15) is 30.1 Å². The molecule has 1 amide bonds. The summed E-state index contributed by atoms with van der Waals surface area (Å²) in [6, 6.07) is 9.14. The zero-order valence-corrected chi connectivity index (χ0v) is 16.9. The summed E-state index contributed by atoms with van der Waals surface area (Å²) in [6.07, 6.45) is 2.64. The minimum absolute atomic E-state index is 0.0190. The van der Waals surface area contributed by atoms with Crippen LogP contribution in [0.15, 0.2) is 36.7 Å². The van der Waals surface area contributed by atoms with Crippen molar-refractivity contribution in [2.24, 2.45) is 17.3 Å². The van der Waals surface area contributed by atoms with E-state index in [1.165, 1.54) is 24.5 Å². The monoisotopic (exact) mass is 424 g/mol. The largest absolute Gasteiger partial charge is 0.477 e. The molecule has 6 nitrogen and oxygen atoms in total. The molecule has 160 valence electrons. The number of likely N-dealkylation sites (tertiary alicyclic amines) is 1. The number of hydrogen-bond donors (Lipinski definition) is 0. The van der Waals surface area contributed by atoms with Gasteiger partial charge in [-0.15, -0.1) is 0 Å². The Balaban J connectivity index is 1.27. The van der Waals surface area contributed by atoms with E-state index in [9.17, 15) is 13.6 Å². The summed E-state index contributed by atoms with van der Waals surface area (Å²) in [6.45, 7) is 0.478. The maximum Gasteiger partial charge on any atom is 0.229 e. The van der Waals surface area contributed by atoms with Gasteiger partial charge in [0, 0.05) is 12.5 Å². The van der Waals surface area contributed by atoms with Gasteiger partial charge >= 0.3 is 0 Å². The van der Waals surface area contributed by atoms with Crippen molar-refractivity contribution in [3.05, 3.63) is 53.7 Å². The van der Waals surface area contributed by atoms with Gasteiger partial charge in [-0.3, -0.25) is 4.79 Å². The fourth-order valence-corrected chi connectivity index (χ4v) is 5.59. The molecule has 1 aromatic carbocycles. The average molecular weight is 424 g/mol. The number of nitrogens with zero attached hydrogens (tertiary/aromatic N) is 4. The van der Waals surface area contributed by atoms with E-state index in [2.05, 4.69) is 9.97 Å². The second kappa shape index (κ2) is 7.56. The number of amides is 1. The lowest BCUT2D eigenvalue weighted by atomic mass is 9.68. The highest BCUT2D eigenvalue weighted by molar-refractivity contribution is 5.85. The van der Waals surface area contributed by atoms with Crippen molar-refractivity contribution in [2.45, 2.75) is 37.9 Å². The van der Waals surface area contributed by atoms with Crippen molar-refractivity contribution in [3.8, 4) is 11.9 Å². The lowest BCUT2D eigenvalue weighted by Gasteiger charge is -2.41. The number of hydrogen-bond acceptors (Lipinski definition) is 5. The van der Waals surface area contributed by atoms with Crippen LogP contribution in [-0.2, 0) is 4.79 Å². The fraction of sp³-hybridized carbons (Fsp3) is 0.478. The number of carbonyl (C=O) groups excluding carboxylic acids is 1. The third-order valence-electron chi connectivity index (χ3n) is 7.03. The molecular formula is C23H22F2N4O2. The third-order valence-corrected chi connectivity index (χ3v) is 7.03. The number of fused-ring (bicyclic) bond motifs is 1. The molecule has 3 saturated carbocycles. The third kappa shape index (κ3) is 3.52. The van der Waals surface area contributed by atoms with Crippen molar-refractivity contribution in [1.29, 1.82) is 5.26 Å². The first-order valence-electron chi connectivity index (χ1n) is 10.5. The number of carbonyl (C=O) groups is 1. The van der Waals surface area contributed by atoms with Gasteiger partial charge in [-0.2, -0.15) is 5.26 Å². The lowest BCUT2D eigenvalue weighted by molar-refractivity contribution is -0.147. The molecule has 4 fully saturated rings. The minimum Gasteiger partial charge on any atom is -0.477 e. The molecule has 31 heavy (non-hydrogen) atoms. The van der Waals surface area contributed by atoms with Crippen LogP contribution in [0.1, 0.15) is 43.0 Å². The van der Waals surface area contributed by atoms with Gasteiger partial charge in [-0.1, -0.05) is 12.1 Å². The quantitative estimate of drug-likeness (QED) is 0.733. The summed E-state index contributed by atoms with van der Waals surface area (Å²) in [5, 5.41) is 8.94. The predicted octanol–water partition coefficient (Wildman–Crippen LogP) is 3.59. The van der Waals surface area contributed by atoms with Crippen LogP contribution in [0.2, 0.25) is 0 Å². The maximum absolute atomic E-state index is 14.3. The van der Waals surface area contributed by atoms with Gasteiger partial charge < -0.3 is 9.64 Å². The molecule has 1 saturated heterocycles. The molecule has 2 aromatic rings. The second-order valence-corrected chi connectivity index (χ2v) is 8.94. The number of ether oxygens (including phenoxy) is 1.